The van der Waals surface area contributed by atoms with Crippen LogP contribution in [0.15, 0.2) is 90.3 Å². The van der Waals surface area contributed by atoms with Crippen LogP contribution in [0.2, 0.25) is 5.02 Å². The van der Waals surface area contributed by atoms with Crippen molar-refractivity contribution < 1.29 is 4.79 Å². The van der Waals surface area contributed by atoms with Gasteiger partial charge in [-0.3, -0.25) is 9.69 Å². The van der Waals surface area contributed by atoms with Crippen LogP contribution in [0.3, 0.4) is 0 Å². The van der Waals surface area contributed by atoms with E-state index in [4.69, 9.17) is 11.6 Å². The van der Waals surface area contributed by atoms with Crippen molar-refractivity contribution in [3.05, 3.63) is 123 Å². The quantitative estimate of drug-likeness (QED) is 0.205. The molecule has 0 aliphatic heterocycles. The number of benzene rings is 3. The van der Waals surface area contributed by atoms with Crippen LogP contribution in [0.25, 0.3) is 0 Å². The zero-order valence-electron chi connectivity index (χ0n) is 21.4. The molecule has 0 saturated carbocycles. The van der Waals surface area contributed by atoms with Gasteiger partial charge in [0.2, 0.25) is 0 Å². The minimum atomic E-state index is -0.102. The molecule has 0 radical (unpaired) electrons. The van der Waals surface area contributed by atoms with Crippen molar-refractivity contribution in [1.29, 1.82) is 0 Å². The smallest absolute Gasteiger partial charge is 0.270 e. The summed E-state index contributed by atoms with van der Waals surface area (Å²) in [4.78, 5) is 19.7. The standard InChI is InChI=1S/C31H34ClN3OS/c1-3-23(2)33-31(36)29-22-37-30(34-29)21-35(20-24-14-16-27(32)17-15-24)19-18-28(25-10-6-4-7-11-25)26-12-8-5-9-13-26/h4-17,22-23,28H,3,18-21H2,1-2H3,(H,33,36)/t23-/m1/s1. The van der Waals surface area contributed by atoms with Crippen molar-refractivity contribution in [2.24, 2.45) is 0 Å². The highest BCUT2D eigenvalue weighted by Crippen LogP contribution is 2.29. The SMILES string of the molecule is CC[C@@H](C)NC(=O)c1csc(CN(CCC(c2ccccc2)c2ccccc2)Cc2ccc(Cl)cc2)n1. The lowest BCUT2D eigenvalue weighted by Gasteiger charge is -2.25. The van der Waals surface area contributed by atoms with Crippen molar-refractivity contribution in [2.75, 3.05) is 6.54 Å². The van der Waals surface area contributed by atoms with Crippen LogP contribution >= 0.6 is 22.9 Å². The molecule has 4 aromatic rings. The summed E-state index contributed by atoms with van der Waals surface area (Å²) in [6, 6.07) is 29.6. The van der Waals surface area contributed by atoms with E-state index in [9.17, 15) is 4.79 Å². The van der Waals surface area contributed by atoms with Crippen LogP contribution in [-0.2, 0) is 13.1 Å². The molecule has 37 heavy (non-hydrogen) atoms. The van der Waals surface area contributed by atoms with Crippen molar-refractivity contribution in [3.8, 4) is 0 Å². The molecule has 3 aromatic carbocycles. The molecule has 0 unspecified atom stereocenters. The second-order valence-electron chi connectivity index (χ2n) is 9.41. The van der Waals surface area contributed by atoms with E-state index in [1.165, 1.54) is 16.7 Å². The number of nitrogens with one attached hydrogen (secondary N) is 1. The highest BCUT2D eigenvalue weighted by molar-refractivity contribution is 7.09. The summed E-state index contributed by atoms with van der Waals surface area (Å²) >= 11 is 7.68. The molecule has 0 spiro atoms. The largest absolute Gasteiger partial charge is 0.348 e. The minimum absolute atomic E-state index is 0.102. The van der Waals surface area contributed by atoms with Gasteiger partial charge in [0.25, 0.3) is 5.91 Å². The Balaban J connectivity index is 1.52. The normalized spacial score (nSPS) is 12.1. The number of rotatable bonds is 12. The maximum atomic E-state index is 12.6. The first-order valence-electron chi connectivity index (χ1n) is 12.8. The summed E-state index contributed by atoms with van der Waals surface area (Å²) in [6.07, 6.45) is 1.86. The van der Waals surface area contributed by atoms with Gasteiger partial charge in [-0.1, -0.05) is 91.3 Å². The van der Waals surface area contributed by atoms with Crippen molar-refractivity contribution >= 4 is 28.8 Å². The predicted octanol–water partition coefficient (Wildman–Crippen LogP) is 7.55. The fraction of sp³-hybridized carbons (Fsp3) is 0.290. The van der Waals surface area contributed by atoms with Gasteiger partial charge in [-0.2, -0.15) is 0 Å². The summed E-state index contributed by atoms with van der Waals surface area (Å²) in [7, 11) is 0. The summed E-state index contributed by atoms with van der Waals surface area (Å²) in [5.41, 5.74) is 4.33. The average Bonchev–Trinajstić information content (AvgIpc) is 3.40. The Morgan fingerprint density at radius 2 is 1.57 bits per heavy atom. The maximum Gasteiger partial charge on any atom is 0.270 e. The topological polar surface area (TPSA) is 45.2 Å². The van der Waals surface area contributed by atoms with Crippen LogP contribution in [0.4, 0.5) is 0 Å². The molecule has 0 aliphatic rings. The third kappa shape index (κ3) is 8.00. The van der Waals surface area contributed by atoms with Gasteiger partial charge in [0, 0.05) is 28.9 Å². The van der Waals surface area contributed by atoms with Crippen LogP contribution in [0, 0.1) is 0 Å². The molecule has 0 fully saturated rings. The Morgan fingerprint density at radius 3 is 2.16 bits per heavy atom. The lowest BCUT2D eigenvalue weighted by atomic mass is 9.88. The molecule has 1 N–H and O–H groups in total. The highest BCUT2D eigenvalue weighted by atomic mass is 35.5. The van der Waals surface area contributed by atoms with Gasteiger partial charge in [0.05, 0.1) is 6.54 Å². The second kappa shape index (κ2) is 13.5. The first kappa shape index (κ1) is 27.1. The third-order valence-corrected chi connectivity index (χ3v) is 7.68. The molecular formula is C31H34ClN3OS. The second-order valence-corrected chi connectivity index (χ2v) is 10.8. The van der Waals surface area contributed by atoms with E-state index in [1.54, 1.807) is 11.3 Å². The first-order valence-corrected chi connectivity index (χ1v) is 14.1. The molecule has 1 aromatic heterocycles. The summed E-state index contributed by atoms with van der Waals surface area (Å²) in [5, 5.41) is 6.56. The van der Waals surface area contributed by atoms with Gasteiger partial charge in [-0.05, 0) is 55.1 Å². The molecule has 192 valence electrons. The number of thiazole rings is 1. The number of hydrogen-bond acceptors (Lipinski definition) is 4. The monoisotopic (exact) mass is 531 g/mol. The van der Waals surface area contributed by atoms with Crippen molar-refractivity contribution in [1.82, 2.24) is 15.2 Å². The minimum Gasteiger partial charge on any atom is -0.348 e. The van der Waals surface area contributed by atoms with Crippen LogP contribution < -0.4 is 5.32 Å². The lowest BCUT2D eigenvalue weighted by Crippen LogP contribution is -2.32. The number of hydrogen-bond donors (Lipinski definition) is 1. The fourth-order valence-electron chi connectivity index (χ4n) is 4.35. The summed E-state index contributed by atoms with van der Waals surface area (Å²) < 4.78 is 0. The zero-order chi connectivity index (χ0) is 26.0. The Bertz CT molecular complexity index is 1200. The Hall–Kier alpha value is -2.99. The van der Waals surface area contributed by atoms with E-state index >= 15 is 0 Å². The van der Waals surface area contributed by atoms with Gasteiger partial charge < -0.3 is 5.32 Å². The molecule has 0 bridgehead atoms. The number of nitrogens with zero attached hydrogens (tertiary/aromatic N) is 2. The molecule has 4 rings (SSSR count). The van der Waals surface area contributed by atoms with E-state index in [1.807, 2.05) is 24.4 Å². The number of aromatic nitrogens is 1. The number of carbonyl (C=O) groups excluding carboxylic acids is 1. The maximum absolute atomic E-state index is 12.6. The molecule has 1 atom stereocenters. The van der Waals surface area contributed by atoms with Gasteiger partial charge in [-0.25, -0.2) is 4.98 Å². The molecule has 1 heterocycles. The molecule has 0 aliphatic carbocycles. The number of halogens is 1. The Kier molecular flexibility index (Phi) is 9.89. The van der Waals surface area contributed by atoms with E-state index in [0.717, 1.165) is 36.0 Å². The number of carbonyl (C=O) groups is 1. The molecule has 4 nitrogen and oxygen atoms in total. The molecule has 1 amide bonds. The molecular weight excluding hydrogens is 498 g/mol. The Labute approximate surface area is 229 Å². The summed E-state index contributed by atoms with van der Waals surface area (Å²) in [5.74, 6) is 0.192. The van der Waals surface area contributed by atoms with E-state index in [2.05, 4.69) is 94.9 Å². The predicted molar refractivity (Wildman–Crippen MR) is 154 cm³/mol. The third-order valence-electron chi connectivity index (χ3n) is 6.59. The average molecular weight is 532 g/mol. The van der Waals surface area contributed by atoms with Gasteiger partial charge >= 0.3 is 0 Å². The zero-order valence-corrected chi connectivity index (χ0v) is 23.0. The summed E-state index contributed by atoms with van der Waals surface area (Å²) in [6.45, 7) is 6.41. The van der Waals surface area contributed by atoms with Gasteiger partial charge in [0.15, 0.2) is 0 Å². The van der Waals surface area contributed by atoms with Crippen molar-refractivity contribution in [3.63, 3.8) is 0 Å². The van der Waals surface area contributed by atoms with Crippen LogP contribution in [-0.4, -0.2) is 28.4 Å². The Morgan fingerprint density at radius 1 is 0.946 bits per heavy atom. The lowest BCUT2D eigenvalue weighted by molar-refractivity contribution is 0.0934. The molecule has 6 heteroatoms. The highest BCUT2D eigenvalue weighted by Gasteiger charge is 2.19. The van der Waals surface area contributed by atoms with E-state index < -0.39 is 0 Å². The van der Waals surface area contributed by atoms with Crippen molar-refractivity contribution in [2.45, 2.75) is 51.7 Å². The fourth-order valence-corrected chi connectivity index (χ4v) is 5.29. The van der Waals surface area contributed by atoms with Crippen LogP contribution in [0.5, 0.6) is 0 Å². The molecule has 0 saturated heterocycles. The van der Waals surface area contributed by atoms with Gasteiger partial charge in [0.1, 0.15) is 10.7 Å². The van der Waals surface area contributed by atoms with E-state index in [0.29, 0.717) is 18.2 Å². The van der Waals surface area contributed by atoms with E-state index in [-0.39, 0.29) is 11.9 Å². The first-order chi connectivity index (χ1) is 18.0. The number of amides is 1. The van der Waals surface area contributed by atoms with Gasteiger partial charge in [-0.15, -0.1) is 11.3 Å². The van der Waals surface area contributed by atoms with Crippen LogP contribution in [0.1, 0.15) is 64.8 Å².